The third kappa shape index (κ3) is 5.61. The zero-order valence-electron chi connectivity index (χ0n) is 24.8. The van der Waals surface area contributed by atoms with E-state index in [1.54, 1.807) is 7.11 Å². The number of fused-ring (bicyclic) bond motifs is 1. The van der Waals surface area contributed by atoms with Gasteiger partial charge in [-0.05, 0) is 59.4 Å². The molecule has 0 unspecified atom stereocenters. The lowest BCUT2D eigenvalue weighted by atomic mass is 9.82. The van der Waals surface area contributed by atoms with Crippen LogP contribution in [0.15, 0.2) is 54.6 Å². The van der Waals surface area contributed by atoms with Crippen LogP contribution in [-0.4, -0.2) is 63.0 Å². The van der Waals surface area contributed by atoms with Crippen LogP contribution in [0.2, 0.25) is 0 Å². The molecule has 9 heteroatoms. The first-order valence-corrected chi connectivity index (χ1v) is 14.4. The first-order chi connectivity index (χ1) is 20.2. The molecule has 3 atom stereocenters. The molecule has 222 valence electrons. The number of hydrogen-bond donors (Lipinski definition) is 2. The van der Waals surface area contributed by atoms with E-state index in [4.69, 9.17) is 14.2 Å². The van der Waals surface area contributed by atoms with Gasteiger partial charge in [0.25, 0.3) is 0 Å². The number of benzene rings is 3. The first-order valence-electron chi connectivity index (χ1n) is 14.4. The molecule has 9 nitrogen and oxygen atoms in total. The lowest BCUT2D eigenvalue weighted by Gasteiger charge is -2.27. The standard InChI is InChI=1S/C33H39N3O6/c1-6-20-9-8-10-21(7-2)30(20)34-28(37)18-36-17-25(23-15-26(40-5)32-27(16-23)41-19-42-32)29(33(38)39)31(36)22-11-13-24(14-12-22)35(3)4/h8-16,25,29,31H,6-7,17-19H2,1-5H3,(H,34,37)(H,38,39)/t25-,29-,31+/m1/s1. The zero-order chi connectivity index (χ0) is 30.0. The maximum absolute atomic E-state index is 13.6. The van der Waals surface area contributed by atoms with Crippen LogP contribution in [0.25, 0.3) is 0 Å². The van der Waals surface area contributed by atoms with Crippen LogP contribution in [0.3, 0.4) is 0 Å². The van der Waals surface area contributed by atoms with E-state index in [1.165, 1.54) is 0 Å². The Kier molecular flexibility index (Phi) is 8.59. The number of carboxylic acid groups (broad SMARTS) is 1. The molecule has 0 aliphatic carbocycles. The topological polar surface area (TPSA) is 101 Å². The van der Waals surface area contributed by atoms with Gasteiger partial charge < -0.3 is 29.5 Å². The average Bonchev–Trinajstić information content (AvgIpc) is 3.61. The summed E-state index contributed by atoms with van der Waals surface area (Å²) in [6.45, 7) is 4.63. The largest absolute Gasteiger partial charge is 0.493 e. The van der Waals surface area contributed by atoms with Gasteiger partial charge in [-0.2, -0.15) is 0 Å². The molecule has 0 spiro atoms. The quantitative estimate of drug-likeness (QED) is 0.346. The Morgan fingerprint density at radius 2 is 1.71 bits per heavy atom. The second-order valence-corrected chi connectivity index (χ2v) is 11.0. The second-order valence-electron chi connectivity index (χ2n) is 11.0. The van der Waals surface area contributed by atoms with Crippen LogP contribution in [0.1, 0.15) is 48.1 Å². The Bertz CT molecular complexity index is 1430. The van der Waals surface area contributed by atoms with Gasteiger partial charge in [-0.3, -0.25) is 14.5 Å². The van der Waals surface area contributed by atoms with Crippen LogP contribution in [0.4, 0.5) is 11.4 Å². The number of nitrogens with zero attached hydrogens (tertiary/aromatic N) is 2. The predicted molar refractivity (Wildman–Crippen MR) is 162 cm³/mol. The number of nitrogens with one attached hydrogen (secondary N) is 1. The van der Waals surface area contributed by atoms with Crippen molar-refractivity contribution in [1.82, 2.24) is 4.90 Å². The Hall–Kier alpha value is -4.24. The fourth-order valence-electron chi connectivity index (χ4n) is 6.23. The Morgan fingerprint density at radius 3 is 2.31 bits per heavy atom. The minimum atomic E-state index is -0.925. The van der Waals surface area contributed by atoms with Gasteiger partial charge in [-0.25, -0.2) is 0 Å². The van der Waals surface area contributed by atoms with Crippen molar-refractivity contribution in [3.8, 4) is 17.2 Å². The monoisotopic (exact) mass is 573 g/mol. The Labute approximate surface area is 247 Å². The maximum atomic E-state index is 13.6. The molecule has 0 aromatic heterocycles. The van der Waals surface area contributed by atoms with Crippen molar-refractivity contribution in [3.05, 3.63) is 76.9 Å². The van der Waals surface area contributed by atoms with E-state index in [9.17, 15) is 14.7 Å². The zero-order valence-corrected chi connectivity index (χ0v) is 24.8. The minimum Gasteiger partial charge on any atom is -0.493 e. The molecule has 1 saturated heterocycles. The maximum Gasteiger partial charge on any atom is 0.309 e. The summed E-state index contributed by atoms with van der Waals surface area (Å²) in [7, 11) is 5.47. The summed E-state index contributed by atoms with van der Waals surface area (Å²) in [6.07, 6.45) is 1.59. The number of rotatable bonds is 10. The van der Waals surface area contributed by atoms with Crippen molar-refractivity contribution in [2.45, 2.75) is 38.6 Å². The van der Waals surface area contributed by atoms with Crippen LogP contribution in [-0.2, 0) is 22.4 Å². The number of amides is 1. The average molecular weight is 574 g/mol. The van der Waals surface area contributed by atoms with Gasteiger partial charge in [0, 0.05) is 44.0 Å². The van der Waals surface area contributed by atoms with Gasteiger partial charge in [0.2, 0.25) is 18.4 Å². The third-order valence-electron chi connectivity index (χ3n) is 8.35. The van der Waals surface area contributed by atoms with Crippen molar-refractivity contribution in [1.29, 1.82) is 0 Å². The van der Waals surface area contributed by atoms with E-state index >= 15 is 0 Å². The highest BCUT2D eigenvalue weighted by molar-refractivity contribution is 5.94. The van der Waals surface area contributed by atoms with Crippen LogP contribution < -0.4 is 24.4 Å². The molecule has 2 N–H and O–H groups in total. The van der Waals surface area contributed by atoms with Gasteiger partial charge in [0.1, 0.15) is 0 Å². The lowest BCUT2D eigenvalue weighted by molar-refractivity contribution is -0.143. The fourth-order valence-corrected chi connectivity index (χ4v) is 6.23. The summed E-state index contributed by atoms with van der Waals surface area (Å²) >= 11 is 0. The number of carbonyl (C=O) groups excluding carboxylic acids is 1. The molecule has 1 fully saturated rings. The number of aryl methyl sites for hydroxylation is 2. The number of likely N-dealkylation sites (tertiary alicyclic amines) is 1. The third-order valence-corrected chi connectivity index (χ3v) is 8.35. The van der Waals surface area contributed by atoms with E-state index < -0.39 is 23.8 Å². The van der Waals surface area contributed by atoms with Crippen LogP contribution >= 0.6 is 0 Å². The molecular weight excluding hydrogens is 534 g/mol. The summed E-state index contributed by atoms with van der Waals surface area (Å²) in [4.78, 5) is 30.6. The number of aliphatic carboxylic acids is 1. The smallest absolute Gasteiger partial charge is 0.309 e. The summed E-state index contributed by atoms with van der Waals surface area (Å²) in [5.74, 6) is -0.803. The normalized spacial score (nSPS) is 19.5. The van der Waals surface area contributed by atoms with Gasteiger partial charge in [0.05, 0.1) is 19.6 Å². The molecule has 42 heavy (non-hydrogen) atoms. The number of methoxy groups -OCH3 is 1. The molecule has 0 bridgehead atoms. The SMILES string of the molecule is CCc1cccc(CC)c1NC(=O)CN1C[C@H](c2cc(OC)c3c(c2)OCO3)[C@@H](C(=O)O)[C@@H]1c1ccc(N(C)C)cc1. The Morgan fingerprint density at radius 1 is 1.02 bits per heavy atom. The summed E-state index contributed by atoms with van der Waals surface area (Å²) in [6, 6.07) is 17.1. The number of hydrogen-bond acceptors (Lipinski definition) is 7. The number of ether oxygens (including phenoxy) is 3. The number of carboxylic acids is 1. The fraction of sp³-hybridized carbons (Fsp3) is 0.394. The summed E-state index contributed by atoms with van der Waals surface area (Å²) in [5.41, 5.74) is 5.63. The predicted octanol–water partition coefficient (Wildman–Crippen LogP) is 5.09. The first kappa shape index (κ1) is 29.3. The number of anilines is 2. The van der Waals surface area contributed by atoms with Gasteiger partial charge in [-0.1, -0.05) is 44.2 Å². The molecule has 3 aromatic carbocycles. The lowest BCUT2D eigenvalue weighted by Crippen LogP contribution is -2.35. The van der Waals surface area contributed by atoms with Crippen molar-refractivity contribution in [2.24, 2.45) is 5.92 Å². The van der Waals surface area contributed by atoms with E-state index in [-0.39, 0.29) is 19.2 Å². The van der Waals surface area contributed by atoms with E-state index in [0.717, 1.165) is 46.5 Å². The molecular formula is C33H39N3O6. The summed E-state index contributed by atoms with van der Waals surface area (Å²) < 4.78 is 16.8. The highest BCUT2D eigenvalue weighted by atomic mass is 16.7. The van der Waals surface area contributed by atoms with Crippen LogP contribution in [0.5, 0.6) is 17.2 Å². The van der Waals surface area contributed by atoms with Crippen LogP contribution in [0, 0.1) is 5.92 Å². The molecule has 5 rings (SSSR count). The Balaban J connectivity index is 1.52. The summed E-state index contributed by atoms with van der Waals surface area (Å²) in [5, 5.41) is 13.8. The molecule has 2 aliphatic rings. The molecule has 3 aromatic rings. The van der Waals surface area contributed by atoms with Crippen molar-refractivity contribution in [2.75, 3.05) is 51.3 Å². The molecule has 2 heterocycles. The van der Waals surface area contributed by atoms with E-state index in [2.05, 4.69) is 19.2 Å². The molecule has 1 amide bonds. The number of carbonyl (C=O) groups is 2. The molecule has 0 saturated carbocycles. The minimum absolute atomic E-state index is 0.0449. The highest BCUT2D eigenvalue weighted by Gasteiger charge is 2.48. The number of para-hydroxylation sites is 1. The van der Waals surface area contributed by atoms with Crippen molar-refractivity contribution in [3.63, 3.8) is 0 Å². The highest BCUT2D eigenvalue weighted by Crippen LogP contribution is 2.50. The van der Waals surface area contributed by atoms with Gasteiger partial charge >= 0.3 is 5.97 Å². The van der Waals surface area contributed by atoms with Gasteiger partial charge in [-0.15, -0.1) is 0 Å². The molecule has 0 radical (unpaired) electrons. The molecule has 2 aliphatic heterocycles. The second kappa shape index (κ2) is 12.3. The van der Waals surface area contributed by atoms with E-state index in [0.29, 0.717) is 23.8 Å². The van der Waals surface area contributed by atoms with Gasteiger partial charge in [0.15, 0.2) is 11.5 Å². The van der Waals surface area contributed by atoms with Crippen molar-refractivity contribution >= 4 is 23.3 Å². The van der Waals surface area contributed by atoms with E-state index in [1.807, 2.05) is 78.5 Å². The van der Waals surface area contributed by atoms with Crippen molar-refractivity contribution < 1.29 is 28.9 Å².